The van der Waals surface area contributed by atoms with E-state index < -0.39 is 6.10 Å². The molecular formula is C22H29N2O4+. The third-order valence-electron chi connectivity index (χ3n) is 5.30. The van der Waals surface area contributed by atoms with E-state index in [1.807, 2.05) is 30.3 Å². The summed E-state index contributed by atoms with van der Waals surface area (Å²) in [6.07, 6.45) is -0.598. The van der Waals surface area contributed by atoms with Crippen molar-refractivity contribution >= 4 is 5.69 Å². The van der Waals surface area contributed by atoms with Crippen LogP contribution in [0.3, 0.4) is 0 Å². The minimum absolute atomic E-state index is 0.135. The minimum atomic E-state index is -0.463. The Morgan fingerprint density at radius 3 is 2.54 bits per heavy atom. The number of hydrogen-bond acceptors (Lipinski definition) is 5. The highest BCUT2D eigenvalue weighted by Gasteiger charge is 2.24. The summed E-state index contributed by atoms with van der Waals surface area (Å²) in [5.74, 6) is 1.53. The first-order valence-electron chi connectivity index (χ1n) is 10.1. The smallest absolute Gasteiger partial charge is 0.161 e. The first-order chi connectivity index (χ1) is 13.8. The lowest BCUT2D eigenvalue weighted by Crippen LogP contribution is -3.16. The lowest BCUT2D eigenvalue weighted by Gasteiger charge is -2.34. The summed E-state index contributed by atoms with van der Waals surface area (Å²) in [5.41, 5.74) is 1.28. The second-order valence-electron chi connectivity index (χ2n) is 7.47. The molecule has 2 N–H and O–H groups in total. The highest BCUT2D eigenvalue weighted by atomic mass is 16.6. The van der Waals surface area contributed by atoms with Gasteiger partial charge in [-0.1, -0.05) is 30.3 Å². The SMILES string of the molecule is O[C@H](COC[C@@H]1COc2ccccc2O1)C[NH+]1CCN(c2ccccc2)CC1. The summed E-state index contributed by atoms with van der Waals surface area (Å²) < 4.78 is 17.3. The van der Waals surface area contributed by atoms with E-state index in [2.05, 4.69) is 29.2 Å². The molecule has 0 aromatic heterocycles. The maximum absolute atomic E-state index is 10.3. The van der Waals surface area contributed by atoms with Gasteiger partial charge in [0.25, 0.3) is 0 Å². The lowest BCUT2D eigenvalue weighted by molar-refractivity contribution is -0.903. The van der Waals surface area contributed by atoms with Crippen LogP contribution in [0.5, 0.6) is 11.5 Å². The first kappa shape index (κ1) is 19.1. The van der Waals surface area contributed by atoms with Gasteiger partial charge in [0.05, 0.1) is 39.4 Å². The van der Waals surface area contributed by atoms with Crippen molar-refractivity contribution in [1.29, 1.82) is 0 Å². The van der Waals surface area contributed by atoms with E-state index in [0.717, 1.165) is 37.7 Å². The van der Waals surface area contributed by atoms with Crippen molar-refractivity contribution in [2.75, 3.05) is 57.4 Å². The minimum Gasteiger partial charge on any atom is -0.486 e. The molecule has 2 aliphatic rings. The van der Waals surface area contributed by atoms with Crippen molar-refractivity contribution in [2.45, 2.75) is 12.2 Å². The zero-order valence-electron chi connectivity index (χ0n) is 16.1. The summed E-state index contributed by atoms with van der Waals surface area (Å²) in [6.45, 7) is 6.02. The zero-order valence-corrected chi connectivity index (χ0v) is 16.1. The van der Waals surface area contributed by atoms with E-state index in [1.165, 1.54) is 10.6 Å². The number of aliphatic hydroxyl groups excluding tert-OH is 1. The Balaban J connectivity index is 1.14. The second-order valence-corrected chi connectivity index (χ2v) is 7.47. The second kappa shape index (κ2) is 9.28. The molecule has 2 aromatic rings. The Morgan fingerprint density at radius 1 is 1.04 bits per heavy atom. The summed E-state index contributed by atoms with van der Waals surface area (Å²) in [6, 6.07) is 18.2. The van der Waals surface area contributed by atoms with Crippen molar-refractivity contribution in [3.8, 4) is 11.5 Å². The molecule has 0 unspecified atom stereocenters. The van der Waals surface area contributed by atoms with Gasteiger partial charge < -0.3 is 29.1 Å². The quantitative estimate of drug-likeness (QED) is 0.732. The van der Waals surface area contributed by atoms with Crippen LogP contribution in [0, 0.1) is 0 Å². The van der Waals surface area contributed by atoms with Crippen LogP contribution in [0.2, 0.25) is 0 Å². The number of ether oxygens (including phenoxy) is 3. The van der Waals surface area contributed by atoms with Gasteiger partial charge in [0.15, 0.2) is 17.6 Å². The first-order valence-corrected chi connectivity index (χ1v) is 10.1. The number of para-hydroxylation sites is 3. The highest BCUT2D eigenvalue weighted by molar-refractivity contribution is 5.46. The van der Waals surface area contributed by atoms with Crippen LogP contribution < -0.4 is 19.3 Å². The van der Waals surface area contributed by atoms with Gasteiger partial charge in [0.1, 0.15) is 19.3 Å². The van der Waals surface area contributed by atoms with Gasteiger partial charge in [-0.25, -0.2) is 0 Å². The van der Waals surface area contributed by atoms with Gasteiger partial charge in [-0.2, -0.15) is 0 Å². The van der Waals surface area contributed by atoms with Crippen molar-refractivity contribution in [2.24, 2.45) is 0 Å². The number of aliphatic hydroxyl groups is 1. The van der Waals surface area contributed by atoms with Gasteiger partial charge in [0, 0.05) is 5.69 Å². The number of nitrogens with one attached hydrogen (secondary N) is 1. The average Bonchev–Trinajstić information content (AvgIpc) is 2.75. The predicted octanol–water partition coefficient (Wildman–Crippen LogP) is 0.609. The van der Waals surface area contributed by atoms with E-state index in [1.54, 1.807) is 0 Å². The fourth-order valence-corrected chi connectivity index (χ4v) is 3.80. The molecule has 0 aliphatic carbocycles. The number of anilines is 1. The van der Waals surface area contributed by atoms with Crippen molar-refractivity contribution in [3.05, 3.63) is 54.6 Å². The molecule has 0 amide bonds. The molecule has 6 heteroatoms. The summed E-state index contributed by atoms with van der Waals surface area (Å²) in [7, 11) is 0. The topological polar surface area (TPSA) is 55.6 Å². The summed E-state index contributed by atoms with van der Waals surface area (Å²) in [4.78, 5) is 3.83. The van der Waals surface area contributed by atoms with Crippen LogP contribution in [-0.4, -0.2) is 69.9 Å². The van der Waals surface area contributed by atoms with E-state index >= 15 is 0 Å². The molecular weight excluding hydrogens is 356 g/mol. The Bertz CT molecular complexity index is 734. The largest absolute Gasteiger partial charge is 0.486 e. The Morgan fingerprint density at radius 2 is 1.75 bits per heavy atom. The van der Waals surface area contributed by atoms with Gasteiger partial charge in [-0.3, -0.25) is 0 Å². The Kier molecular flexibility index (Phi) is 6.31. The van der Waals surface area contributed by atoms with Crippen LogP contribution in [0.4, 0.5) is 5.69 Å². The number of nitrogens with zero attached hydrogens (tertiary/aromatic N) is 1. The van der Waals surface area contributed by atoms with Crippen molar-refractivity contribution < 1.29 is 24.2 Å². The van der Waals surface area contributed by atoms with Crippen LogP contribution in [0.1, 0.15) is 0 Å². The van der Waals surface area contributed by atoms with Crippen LogP contribution in [-0.2, 0) is 4.74 Å². The van der Waals surface area contributed by atoms with Crippen molar-refractivity contribution in [1.82, 2.24) is 0 Å². The third-order valence-corrected chi connectivity index (χ3v) is 5.30. The maximum atomic E-state index is 10.3. The van der Waals surface area contributed by atoms with Gasteiger partial charge in [-0.15, -0.1) is 0 Å². The summed E-state index contributed by atoms with van der Waals surface area (Å²) >= 11 is 0. The van der Waals surface area contributed by atoms with E-state index in [-0.39, 0.29) is 6.10 Å². The molecule has 6 nitrogen and oxygen atoms in total. The molecule has 2 aromatic carbocycles. The molecule has 1 saturated heterocycles. The molecule has 0 spiro atoms. The predicted molar refractivity (Wildman–Crippen MR) is 107 cm³/mol. The molecule has 4 rings (SSSR count). The molecule has 1 fully saturated rings. The van der Waals surface area contributed by atoms with Crippen LogP contribution in [0.15, 0.2) is 54.6 Å². The number of piperazine rings is 1. The maximum Gasteiger partial charge on any atom is 0.161 e. The molecule has 0 saturated carbocycles. The Labute approximate surface area is 166 Å². The number of benzene rings is 2. The molecule has 0 radical (unpaired) electrons. The Hall–Kier alpha value is -2.28. The van der Waals surface area contributed by atoms with Crippen LogP contribution in [0.25, 0.3) is 0 Å². The molecule has 28 heavy (non-hydrogen) atoms. The summed E-state index contributed by atoms with van der Waals surface area (Å²) in [5, 5.41) is 10.3. The molecule has 0 bridgehead atoms. The normalized spacial score (nSPS) is 20.8. The fourth-order valence-electron chi connectivity index (χ4n) is 3.80. The fraction of sp³-hybridized carbons (Fsp3) is 0.455. The number of quaternary nitrogens is 1. The van der Waals surface area contributed by atoms with Crippen LogP contribution >= 0.6 is 0 Å². The number of fused-ring (bicyclic) bond motifs is 1. The average molecular weight is 385 g/mol. The number of rotatable bonds is 7. The van der Waals surface area contributed by atoms with Crippen molar-refractivity contribution in [3.63, 3.8) is 0 Å². The van der Waals surface area contributed by atoms with E-state index in [0.29, 0.717) is 26.4 Å². The monoisotopic (exact) mass is 385 g/mol. The molecule has 2 aliphatic heterocycles. The molecule has 2 heterocycles. The highest BCUT2D eigenvalue weighted by Crippen LogP contribution is 2.30. The van der Waals surface area contributed by atoms with Gasteiger partial charge in [-0.05, 0) is 24.3 Å². The molecule has 150 valence electrons. The van der Waals surface area contributed by atoms with E-state index in [4.69, 9.17) is 14.2 Å². The van der Waals surface area contributed by atoms with Gasteiger partial charge >= 0.3 is 0 Å². The lowest BCUT2D eigenvalue weighted by atomic mass is 10.2. The molecule has 2 atom stereocenters. The third kappa shape index (κ3) is 4.95. The van der Waals surface area contributed by atoms with E-state index in [9.17, 15) is 5.11 Å². The van der Waals surface area contributed by atoms with Gasteiger partial charge in [0.2, 0.25) is 0 Å². The standard InChI is InChI=1S/C22H28N2O4/c25-19(14-23-10-12-24(13-11-23)18-6-2-1-3-7-18)15-26-16-20-17-27-21-8-4-5-9-22(21)28-20/h1-9,19-20,25H,10-17H2/p+1/t19-,20+/m0/s1. The zero-order chi connectivity index (χ0) is 19.2. The number of hydrogen-bond donors (Lipinski definition) is 2.